The summed E-state index contributed by atoms with van der Waals surface area (Å²) in [7, 11) is 1.66. The van der Waals surface area contributed by atoms with E-state index in [9.17, 15) is 4.79 Å². The van der Waals surface area contributed by atoms with Crippen LogP contribution in [0.1, 0.15) is 24.0 Å². The maximum Gasteiger partial charge on any atom is 0.317 e. The van der Waals surface area contributed by atoms with Crippen molar-refractivity contribution in [3.05, 3.63) is 65.7 Å². The molecule has 0 bridgehead atoms. The van der Waals surface area contributed by atoms with Gasteiger partial charge in [-0.05, 0) is 42.5 Å². The van der Waals surface area contributed by atoms with Crippen molar-refractivity contribution in [2.75, 3.05) is 33.4 Å². The average Bonchev–Trinajstić information content (AvgIpc) is 2.75. The summed E-state index contributed by atoms with van der Waals surface area (Å²) in [5.41, 5.74) is 2.37. The summed E-state index contributed by atoms with van der Waals surface area (Å²) < 4.78 is 11.0. The second-order valence-electron chi connectivity index (χ2n) is 7.29. The highest BCUT2D eigenvalue weighted by molar-refractivity contribution is 5.74. The van der Waals surface area contributed by atoms with Gasteiger partial charge in [-0.25, -0.2) is 4.79 Å². The number of piperidine rings is 1. The molecule has 2 aromatic carbocycles. The van der Waals surface area contributed by atoms with E-state index in [0.717, 1.165) is 38.1 Å². The predicted octanol–water partition coefficient (Wildman–Crippen LogP) is 3.88. The van der Waals surface area contributed by atoms with E-state index >= 15 is 0 Å². The van der Waals surface area contributed by atoms with Crippen LogP contribution in [-0.2, 0) is 17.8 Å². The number of carbonyl (C=O) groups is 1. The lowest BCUT2D eigenvalue weighted by molar-refractivity contribution is 0.0591. The first-order valence-electron chi connectivity index (χ1n) is 10.0. The van der Waals surface area contributed by atoms with E-state index in [0.29, 0.717) is 25.7 Å². The van der Waals surface area contributed by atoms with Crippen LogP contribution in [0, 0.1) is 5.92 Å². The summed E-state index contributed by atoms with van der Waals surface area (Å²) in [5, 5.41) is 3.05. The number of methoxy groups -OCH3 is 1. The van der Waals surface area contributed by atoms with Crippen molar-refractivity contribution in [3.63, 3.8) is 0 Å². The normalized spacial score (nSPS) is 16.6. The van der Waals surface area contributed by atoms with Gasteiger partial charge in [0.05, 0.1) is 20.3 Å². The molecule has 2 amide bonds. The standard InChI is InChI=1S/C23H30N2O3/c1-27-22-11-9-19(10-12-22)13-14-24-23(26)25-15-5-8-21(16-25)18-28-17-20-6-3-2-4-7-20/h2-4,6-7,9-12,21H,5,8,13-18H2,1H3,(H,24,26)/t21-/m0/s1. The molecule has 0 radical (unpaired) electrons. The number of hydrogen-bond donors (Lipinski definition) is 1. The van der Waals surface area contributed by atoms with Gasteiger partial charge >= 0.3 is 6.03 Å². The highest BCUT2D eigenvalue weighted by Crippen LogP contribution is 2.17. The van der Waals surface area contributed by atoms with Crippen molar-refractivity contribution in [3.8, 4) is 5.75 Å². The number of hydrogen-bond acceptors (Lipinski definition) is 3. The molecule has 0 spiro atoms. The first-order valence-corrected chi connectivity index (χ1v) is 10.0. The SMILES string of the molecule is COc1ccc(CCNC(=O)N2CCC[C@H](COCc3ccccc3)C2)cc1. The Morgan fingerprint density at radius 3 is 2.64 bits per heavy atom. The Morgan fingerprint density at radius 1 is 1.11 bits per heavy atom. The van der Waals surface area contributed by atoms with Crippen LogP contribution in [0.25, 0.3) is 0 Å². The van der Waals surface area contributed by atoms with Gasteiger partial charge in [0.25, 0.3) is 0 Å². The molecule has 1 atom stereocenters. The monoisotopic (exact) mass is 382 g/mol. The minimum Gasteiger partial charge on any atom is -0.497 e. The third-order valence-electron chi connectivity index (χ3n) is 5.12. The van der Waals surface area contributed by atoms with Crippen LogP contribution in [0.2, 0.25) is 0 Å². The number of nitrogens with zero attached hydrogens (tertiary/aromatic N) is 1. The summed E-state index contributed by atoms with van der Waals surface area (Å²) >= 11 is 0. The van der Waals surface area contributed by atoms with Gasteiger partial charge in [0.1, 0.15) is 5.75 Å². The number of likely N-dealkylation sites (tertiary alicyclic amines) is 1. The van der Waals surface area contributed by atoms with Crippen molar-refractivity contribution in [2.45, 2.75) is 25.9 Å². The Balaban J connectivity index is 1.36. The van der Waals surface area contributed by atoms with Gasteiger partial charge in [0, 0.05) is 25.6 Å². The maximum atomic E-state index is 12.5. The molecule has 5 heteroatoms. The van der Waals surface area contributed by atoms with Crippen LogP contribution < -0.4 is 10.1 Å². The molecule has 1 fully saturated rings. The molecule has 5 nitrogen and oxygen atoms in total. The molecule has 3 rings (SSSR count). The molecule has 150 valence electrons. The van der Waals surface area contributed by atoms with Gasteiger partial charge in [-0.1, -0.05) is 42.5 Å². The fourth-order valence-electron chi connectivity index (χ4n) is 3.52. The molecule has 0 saturated carbocycles. The van der Waals surface area contributed by atoms with Gasteiger partial charge in [-0.15, -0.1) is 0 Å². The lowest BCUT2D eigenvalue weighted by Gasteiger charge is -2.32. The summed E-state index contributed by atoms with van der Waals surface area (Å²) in [4.78, 5) is 14.4. The summed E-state index contributed by atoms with van der Waals surface area (Å²) in [6.07, 6.45) is 2.96. The minimum atomic E-state index is 0.0290. The highest BCUT2D eigenvalue weighted by atomic mass is 16.5. The lowest BCUT2D eigenvalue weighted by Crippen LogP contribution is -2.46. The van der Waals surface area contributed by atoms with E-state index in [1.165, 1.54) is 11.1 Å². The summed E-state index contributed by atoms with van der Waals surface area (Å²) in [6.45, 7) is 3.56. The third kappa shape index (κ3) is 6.27. The van der Waals surface area contributed by atoms with E-state index in [-0.39, 0.29) is 6.03 Å². The van der Waals surface area contributed by atoms with Crippen molar-refractivity contribution in [2.24, 2.45) is 5.92 Å². The average molecular weight is 383 g/mol. The summed E-state index contributed by atoms with van der Waals surface area (Å²) in [6, 6.07) is 18.2. The zero-order valence-corrected chi connectivity index (χ0v) is 16.6. The smallest absolute Gasteiger partial charge is 0.317 e. The number of benzene rings is 2. The van der Waals surface area contributed by atoms with Crippen LogP contribution in [0.3, 0.4) is 0 Å². The Kier molecular flexibility index (Phi) is 7.73. The number of ether oxygens (including phenoxy) is 2. The van der Waals surface area contributed by atoms with Crippen LogP contribution in [-0.4, -0.2) is 44.3 Å². The molecule has 1 heterocycles. The van der Waals surface area contributed by atoms with Gasteiger partial charge in [-0.2, -0.15) is 0 Å². The largest absolute Gasteiger partial charge is 0.497 e. The van der Waals surface area contributed by atoms with Gasteiger partial charge < -0.3 is 19.7 Å². The van der Waals surface area contributed by atoms with Crippen molar-refractivity contribution < 1.29 is 14.3 Å². The molecule has 1 aliphatic rings. The first kappa shape index (κ1) is 20.2. The molecule has 1 aliphatic heterocycles. The number of urea groups is 1. The number of carbonyl (C=O) groups excluding carboxylic acids is 1. The Bertz CT molecular complexity index is 718. The van der Waals surface area contributed by atoms with Crippen LogP contribution in [0.4, 0.5) is 4.79 Å². The van der Waals surface area contributed by atoms with Gasteiger partial charge in [-0.3, -0.25) is 0 Å². The number of nitrogens with one attached hydrogen (secondary N) is 1. The van der Waals surface area contributed by atoms with Crippen molar-refractivity contribution in [1.29, 1.82) is 0 Å². The quantitative estimate of drug-likeness (QED) is 0.754. The number of rotatable bonds is 8. The predicted molar refractivity (Wildman–Crippen MR) is 110 cm³/mol. The van der Waals surface area contributed by atoms with E-state index in [1.807, 2.05) is 47.4 Å². The molecule has 28 heavy (non-hydrogen) atoms. The molecular formula is C23H30N2O3. The maximum absolute atomic E-state index is 12.5. The first-order chi connectivity index (χ1) is 13.7. The highest BCUT2D eigenvalue weighted by Gasteiger charge is 2.23. The Morgan fingerprint density at radius 2 is 1.89 bits per heavy atom. The molecule has 0 aliphatic carbocycles. The molecule has 0 unspecified atom stereocenters. The third-order valence-corrected chi connectivity index (χ3v) is 5.12. The van der Waals surface area contributed by atoms with Crippen LogP contribution in [0.5, 0.6) is 5.75 Å². The van der Waals surface area contributed by atoms with Crippen LogP contribution >= 0.6 is 0 Å². The Hall–Kier alpha value is -2.53. The summed E-state index contributed by atoms with van der Waals surface area (Å²) in [5.74, 6) is 1.26. The number of amides is 2. The van der Waals surface area contributed by atoms with E-state index < -0.39 is 0 Å². The van der Waals surface area contributed by atoms with Crippen molar-refractivity contribution in [1.82, 2.24) is 10.2 Å². The van der Waals surface area contributed by atoms with Gasteiger partial charge in [0.15, 0.2) is 0 Å². The fourth-order valence-corrected chi connectivity index (χ4v) is 3.52. The van der Waals surface area contributed by atoms with Crippen molar-refractivity contribution >= 4 is 6.03 Å². The molecule has 1 N–H and O–H groups in total. The van der Waals surface area contributed by atoms with E-state index in [4.69, 9.17) is 9.47 Å². The lowest BCUT2D eigenvalue weighted by atomic mass is 9.99. The zero-order valence-electron chi connectivity index (χ0n) is 16.6. The van der Waals surface area contributed by atoms with E-state index in [1.54, 1.807) is 7.11 Å². The van der Waals surface area contributed by atoms with Crippen LogP contribution in [0.15, 0.2) is 54.6 Å². The molecule has 0 aromatic heterocycles. The minimum absolute atomic E-state index is 0.0290. The van der Waals surface area contributed by atoms with Gasteiger partial charge in [0.2, 0.25) is 0 Å². The molecular weight excluding hydrogens is 352 g/mol. The zero-order chi connectivity index (χ0) is 19.6. The fraction of sp³-hybridized carbons (Fsp3) is 0.435. The molecule has 1 saturated heterocycles. The topological polar surface area (TPSA) is 50.8 Å². The van der Waals surface area contributed by atoms with E-state index in [2.05, 4.69) is 17.4 Å². The second kappa shape index (κ2) is 10.7. The molecule has 2 aromatic rings. The second-order valence-corrected chi connectivity index (χ2v) is 7.29. The Labute approximate surface area is 167 Å².